The Bertz CT molecular complexity index is 514. The van der Waals surface area contributed by atoms with Gasteiger partial charge in [0.15, 0.2) is 0 Å². The van der Waals surface area contributed by atoms with E-state index in [1.54, 1.807) is 20.8 Å². The number of carbonyl (C=O) groups is 3. The molecule has 2 aliphatic heterocycles. The first-order valence-corrected chi connectivity index (χ1v) is 7.94. The summed E-state index contributed by atoms with van der Waals surface area (Å²) in [5.74, 6) is -1.29. The summed E-state index contributed by atoms with van der Waals surface area (Å²) in [4.78, 5) is 37.2. The maximum Gasteiger partial charge on any atom is 0.333 e. The Hall–Kier alpha value is -1.28. The average molecular weight is 330 g/mol. The van der Waals surface area contributed by atoms with E-state index < -0.39 is 41.0 Å². The van der Waals surface area contributed by atoms with Crippen LogP contribution in [0.5, 0.6) is 0 Å². The number of rotatable bonds is 3. The topological polar surface area (TPSA) is 98.9 Å². The molecule has 0 saturated carbocycles. The maximum absolute atomic E-state index is 12.3. The normalized spacial score (nSPS) is 29.6. The molecule has 3 atom stereocenters. The van der Waals surface area contributed by atoms with Crippen LogP contribution in [-0.2, 0) is 23.9 Å². The molecule has 2 aliphatic rings. The molecule has 2 fully saturated rings. The predicted octanol–water partition coefficient (Wildman–Crippen LogP) is 0.466. The van der Waals surface area contributed by atoms with Gasteiger partial charge in [0.25, 0.3) is 0 Å². The number of amides is 1. The van der Waals surface area contributed by atoms with Crippen molar-refractivity contribution in [2.75, 3.05) is 6.79 Å². The van der Waals surface area contributed by atoms with E-state index in [9.17, 15) is 14.4 Å². The molecule has 0 aromatic carbocycles. The Morgan fingerprint density at radius 1 is 1.32 bits per heavy atom. The fourth-order valence-corrected chi connectivity index (χ4v) is 4.02. The van der Waals surface area contributed by atoms with Crippen LogP contribution in [0.4, 0.5) is 0 Å². The Kier molecular flexibility index (Phi) is 4.20. The molecule has 2 unspecified atom stereocenters. The average Bonchev–Trinajstić information content (AvgIpc) is 2.65. The Labute approximate surface area is 133 Å². The van der Waals surface area contributed by atoms with Crippen LogP contribution in [0, 0.1) is 5.41 Å². The molecule has 2 heterocycles. The zero-order chi connectivity index (χ0) is 16.9. The number of hydrogen-bond donors (Lipinski definition) is 1. The Morgan fingerprint density at radius 3 is 2.45 bits per heavy atom. The third-order valence-electron chi connectivity index (χ3n) is 3.71. The van der Waals surface area contributed by atoms with Crippen molar-refractivity contribution in [2.24, 2.45) is 11.1 Å². The second-order valence-corrected chi connectivity index (χ2v) is 8.82. The number of β-lactam (4-membered cyclic amide) rings is 1. The highest BCUT2D eigenvalue weighted by Crippen LogP contribution is 2.50. The molecule has 124 valence electrons. The number of carbonyl (C=O) groups excluding carboxylic acids is 3. The van der Waals surface area contributed by atoms with E-state index in [0.717, 1.165) is 0 Å². The van der Waals surface area contributed by atoms with Crippen LogP contribution in [-0.4, -0.2) is 51.7 Å². The van der Waals surface area contributed by atoms with Crippen LogP contribution in [0.2, 0.25) is 0 Å². The number of thioether (sulfide) groups is 1. The summed E-state index contributed by atoms with van der Waals surface area (Å²) >= 11 is 1.48. The molecular weight excluding hydrogens is 308 g/mol. The SMILES string of the molecule is CC(C)(C)C(=O)OCOC(=O)C1N2C(=O)C(N)[C@H]2SC1(C)C. The molecule has 2 saturated heterocycles. The third kappa shape index (κ3) is 2.81. The second kappa shape index (κ2) is 5.42. The van der Waals surface area contributed by atoms with Crippen molar-refractivity contribution in [2.45, 2.75) is 56.8 Å². The smallest absolute Gasteiger partial charge is 0.333 e. The van der Waals surface area contributed by atoms with Crippen molar-refractivity contribution >= 4 is 29.6 Å². The van der Waals surface area contributed by atoms with Crippen LogP contribution in [0.3, 0.4) is 0 Å². The standard InChI is InChI=1S/C14H22N2O5S/c1-13(2,3)12(19)21-6-20-11(18)8-14(4,5)22-10-7(15)9(17)16(8)10/h7-8,10H,6,15H2,1-5H3/t7?,8?,10-/m1/s1. The summed E-state index contributed by atoms with van der Waals surface area (Å²) in [7, 11) is 0. The van der Waals surface area contributed by atoms with Crippen molar-refractivity contribution in [3.8, 4) is 0 Å². The highest BCUT2D eigenvalue weighted by molar-refractivity contribution is 8.01. The van der Waals surface area contributed by atoms with Gasteiger partial charge in [-0.2, -0.15) is 0 Å². The summed E-state index contributed by atoms with van der Waals surface area (Å²) in [5, 5.41) is -0.197. The van der Waals surface area contributed by atoms with E-state index in [-0.39, 0.29) is 11.3 Å². The van der Waals surface area contributed by atoms with Gasteiger partial charge in [-0.15, -0.1) is 11.8 Å². The lowest BCUT2D eigenvalue weighted by molar-refractivity contribution is -0.179. The van der Waals surface area contributed by atoms with Gasteiger partial charge in [0.1, 0.15) is 17.5 Å². The maximum atomic E-state index is 12.3. The Balaban J connectivity index is 1.95. The molecule has 8 heteroatoms. The molecule has 1 amide bonds. The number of hydrogen-bond acceptors (Lipinski definition) is 7. The molecule has 7 nitrogen and oxygen atoms in total. The van der Waals surface area contributed by atoms with Gasteiger partial charge in [-0.05, 0) is 34.6 Å². The molecule has 0 spiro atoms. The van der Waals surface area contributed by atoms with E-state index in [1.807, 2.05) is 13.8 Å². The van der Waals surface area contributed by atoms with Crippen molar-refractivity contribution in [3.63, 3.8) is 0 Å². The van der Waals surface area contributed by atoms with Crippen LogP contribution in [0.1, 0.15) is 34.6 Å². The van der Waals surface area contributed by atoms with Crippen molar-refractivity contribution in [1.29, 1.82) is 0 Å². The van der Waals surface area contributed by atoms with Crippen LogP contribution in [0.15, 0.2) is 0 Å². The number of fused-ring (bicyclic) bond motifs is 1. The van der Waals surface area contributed by atoms with Crippen molar-refractivity contribution < 1.29 is 23.9 Å². The molecule has 0 radical (unpaired) electrons. The van der Waals surface area contributed by atoms with Crippen LogP contribution in [0.25, 0.3) is 0 Å². The van der Waals surface area contributed by atoms with Gasteiger partial charge in [0, 0.05) is 4.75 Å². The van der Waals surface area contributed by atoms with Gasteiger partial charge in [-0.25, -0.2) is 4.79 Å². The lowest BCUT2D eigenvalue weighted by atomic mass is 9.96. The minimum absolute atomic E-state index is 0.197. The zero-order valence-corrected chi connectivity index (χ0v) is 14.2. The molecule has 0 bridgehead atoms. The lowest BCUT2D eigenvalue weighted by Gasteiger charge is -2.41. The highest BCUT2D eigenvalue weighted by atomic mass is 32.2. The van der Waals surface area contributed by atoms with E-state index in [0.29, 0.717) is 0 Å². The van der Waals surface area contributed by atoms with Gasteiger partial charge in [0.05, 0.1) is 5.41 Å². The molecule has 0 aromatic rings. The zero-order valence-electron chi connectivity index (χ0n) is 13.4. The fraction of sp³-hybridized carbons (Fsp3) is 0.786. The van der Waals surface area contributed by atoms with Crippen LogP contribution >= 0.6 is 11.8 Å². The lowest BCUT2D eigenvalue weighted by Crippen LogP contribution is -2.68. The largest absolute Gasteiger partial charge is 0.427 e. The molecule has 0 aromatic heterocycles. The fourth-order valence-electron chi connectivity index (χ4n) is 2.46. The number of esters is 2. The van der Waals surface area contributed by atoms with Gasteiger partial charge in [0.2, 0.25) is 12.7 Å². The Morgan fingerprint density at radius 2 is 1.91 bits per heavy atom. The first-order chi connectivity index (χ1) is 9.97. The number of ether oxygens (including phenoxy) is 2. The first-order valence-electron chi connectivity index (χ1n) is 7.06. The van der Waals surface area contributed by atoms with E-state index in [4.69, 9.17) is 15.2 Å². The minimum atomic E-state index is -0.719. The summed E-state index contributed by atoms with van der Waals surface area (Å²) in [5.41, 5.74) is 5.08. The number of nitrogens with two attached hydrogens (primary N) is 1. The molecular formula is C14H22N2O5S. The van der Waals surface area contributed by atoms with E-state index >= 15 is 0 Å². The first kappa shape index (κ1) is 17.1. The van der Waals surface area contributed by atoms with Gasteiger partial charge in [-0.1, -0.05) is 0 Å². The summed E-state index contributed by atoms with van der Waals surface area (Å²) in [6.45, 7) is 8.40. The second-order valence-electron chi connectivity index (χ2n) is 7.05. The molecule has 2 rings (SSSR count). The van der Waals surface area contributed by atoms with Crippen molar-refractivity contribution in [1.82, 2.24) is 4.90 Å². The van der Waals surface area contributed by atoms with Gasteiger partial charge in [-0.3, -0.25) is 9.59 Å². The summed E-state index contributed by atoms with van der Waals surface area (Å²) < 4.78 is 9.45. The molecule has 0 aliphatic carbocycles. The third-order valence-corrected chi connectivity index (χ3v) is 5.30. The van der Waals surface area contributed by atoms with Gasteiger partial charge >= 0.3 is 11.9 Å². The quantitative estimate of drug-likeness (QED) is 0.456. The monoisotopic (exact) mass is 330 g/mol. The molecule has 22 heavy (non-hydrogen) atoms. The predicted molar refractivity (Wildman–Crippen MR) is 80.6 cm³/mol. The van der Waals surface area contributed by atoms with E-state index in [2.05, 4.69) is 0 Å². The minimum Gasteiger partial charge on any atom is -0.427 e. The highest BCUT2D eigenvalue weighted by Gasteiger charge is 2.63. The number of nitrogens with zero attached hydrogens (tertiary/aromatic N) is 1. The van der Waals surface area contributed by atoms with Crippen molar-refractivity contribution in [3.05, 3.63) is 0 Å². The van der Waals surface area contributed by atoms with E-state index in [1.165, 1.54) is 16.7 Å². The summed E-state index contributed by atoms with van der Waals surface area (Å²) in [6, 6.07) is -1.29. The van der Waals surface area contributed by atoms with Crippen LogP contribution < -0.4 is 5.73 Å². The summed E-state index contributed by atoms with van der Waals surface area (Å²) in [6.07, 6.45) is 0. The van der Waals surface area contributed by atoms with Gasteiger partial charge < -0.3 is 20.1 Å². The molecule has 2 N–H and O–H groups in total.